The van der Waals surface area contributed by atoms with Crippen LogP contribution in [-0.2, 0) is 0 Å². The SMILES string of the molecule is COc1cc([N+](=O)[O-])ccc1Oc1ncncc1I. The van der Waals surface area contributed by atoms with Crippen molar-refractivity contribution in [2.24, 2.45) is 0 Å². The van der Waals surface area contributed by atoms with Crippen LogP contribution in [0.25, 0.3) is 0 Å². The molecule has 0 saturated carbocycles. The van der Waals surface area contributed by atoms with Gasteiger partial charge in [-0.3, -0.25) is 10.1 Å². The van der Waals surface area contributed by atoms with Crippen molar-refractivity contribution < 1.29 is 14.4 Å². The Morgan fingerprint density at radius 2 is 2.16 bits per heavy atom. The van der Waals surface area contributed by atoms with Crippen LogP contribution in [0.5, 0.6) is 17.4 Å². The summed E-state index contributed by atoms with van der Waals surface area (Å²) in [6.45, 7) is 0. The minimum atomic E-state index is -0.499. The van der Waals surface area contributed by atoms with Crippen molar-refractivity contribution in [2.45, 2.75) is 0 Å². The Kier molecular flexibility index (Phi) is 4.10. The molecular weight excluding hydrogens is 365 g/mol. The van der Waals surface area contributed by atoms with Gasteiger partial charge in [-0.15, -0.1) is 0 Å². The van der Waals surface area contributed by atoms with Crippen molar-refractivity contribution >= 4 is 28.3 Å². The Morgan fingerprint density at radius 3 is 2.79 bits per heavy atom. The molecular formula is C11H8IN3O4. The molecule has 98 valence electrons. The first-order valence-electron chi connectivity index (χ1n) is 5.07. The number of aromatic nitrogens is 2. The van der Waals surface area contributed by atoms with Gasteiger partial charge in [-0.25, -0.2) is 9.97 Å². The molecule has 1 aromatic carbocycles. The topological polar surface area (TPSA) is 87.4 Å². The third-order valence-corrected chi connectivity index (χ3v) is 2.94. The quantitative estimate of drug-likeness (QED) is 0.465. The van der Waals surface area contributed by atoms with E-state index in [9.17, 15) is 10.1 Å². The number of benzene rings is 1. The minimum absolute atomic E-state index is 0.0680. The predicted molar refractivity (Wildman–Crippen MR) is 74.5 cm³/mol. The maximum absolute atomic E-state index is 10.7. The van der Waals surface area contributed by atoms with Crippen molar-refractivity contribution in [1.82, 2.24) is 9.97 Å². The first-order chi connectivity index (χ1) is 9.11. The van der Waals surface area contributed by atoms with Crippen LogP contribution in [0, 0.1) is 13.7 Å². The summed E-state index contributed by atoms with van der Waals surface area (Å²) in [5, 5.41) is 10.7. The number of ether oxygens (including phenoxy) is 2. The molecule has 0 aliphatic rings. The van der Waals surface area contributed by atoms with E-state index in [-0.39, 0.29) is 11.4 Å². The monoisotopic (exact) mass is 373 g/mol. The fraction of sp³-hybridized carbons (Fsp3) is 0.0909. The Balaban J connectivity index is 2.35. The number of non-ortho nitro benzene ring substituents is 1. The normalized spacial score (nSPS) is 10.0. The lowest BCUT2D eigenvalue weighted by atomic mass is 10.3. The van der Waals surface area contributed by atoms with Crippen molar-refractivity contribution in [2.75, 3.05) is 7.11 Å². The van der Waals surface area contributed by atoms with Crippen molar-refractivity contribution in [1.29, 1.82) is 0 Å². The van der Waals surface area contributed by atoms with E-state index < -0.39 is 4.92 Å². The van der Waals surface area contributed by atoms with Crippen LogP contribution in [0.3, 0.4) is 0 Å². The van der Waals surface area contributed by atoms with Crippen LogP contribution in [0.4, 0.5) is 5.69 Å². The molecule has 0 saturated heterocycles. The molecule has 8 heteroatoms. The van der Waals surface area contributed by atoms with E-state index in [4.69, 9.17) is 9.47 Å². The molecule has 0 bridgehead atoms. The number of nitro benzene ring substituents is 1. The van der Waals surface area contributed by atoms with Crippen LogP contribution in [-0.4, -0.2) is 22.0 Å². The van der Waals surface area contributed by atoms with E-state index in [1.807, 2.05) is 22.6 Å². The molecule has 19 heavy (non-hydrogen) atoms. The van der Waals surface area contributed by atoms with Crippen LogP contribution in [0.2, 0.25) is 0 Å². The molecule has 0 unspecified atom stereocenters. The Bertz CT molecular complexity index is 621. The molecule has 0 fully saturated rings. The molecule has 1 aromatic heterocycles. The molecule has 7 nitrogen and oxygen atoms in total. The Hall–Kier alpha value is -1.97. The predicted octanol–water partition coefficient (Wildman–Crippen LogP) is 2.79. The van der Waals surface area contributed by atoms with Gasteiger partial charge in [0.2, 0.25) is 5.88 Å². The zero-order valence-corrected chi connectivity index (χ0v) is 11.9. The maximum Gasteiger partial charge on any atom is 0.273 e. The van der Waals surface area contributed by atoms with Crippen molar-refractivity contribution in [3.63, 3.8) is 0 Å². The van der Waals surface area contributed by atoms with Crippen LogP contribution >= 0.6 is 22.6 Å². The summed E-state index contributed by atoms with van der Waals surface area (Å²) in [4.78, 5) is 18.0. The van der Waals surface area contributed by atoms with Crippen molar-refractivity contribution in [3.05, 3.63) is 44.4 Å². The molecule has 0 aliphatic heterocycles. The summed E-state index contributed by atoms with van der Waals surface area (Å²) < 4.78 is 11.4. The zero-order valence-electron chi connectivity index (χ0n) is 9.74. The highest BCUT2D eigenvalue weighted by Crippen LogP contribution is 2.34. The van der Waals surface area contributed by atoms with Gasteiger partial charge in [-0.1, -0.05) is 0 Å². The Labute approximate surface area is 121 Å². The average molecular weight is 373 g/mol. The lowest BCUT2D eigenvalue weighted by Crippen LogP contribution is -1.96. The molecule has 2 aromatic rings. The fourth-order valence-electron chi connectivity index (χ4n) is 1.33. The van der Waals surface area contributed by atoms with E-state index in [1.54, 1.807) is 6.20 Å². The molecule has 0 spiro atoms. The minimum Gasteiger partial charge on any atom is -0.493 e. The number of nitrogens with zero attached hydrogens (tertiary/aromatic N) is 3. The van der Waals surface area contributed by atoms with Gasteiger partial charge < -0.3 is 9.47 Å². The second-order valence-electron chi connectivity index (χ2n) is 3.37. The van der Waals surface area contributed by atoms with Crippen LogP contribution in [0.1, 0.15) is 0 Å². The first-order valence-corrected chi connectivity index (χ1v) is 6.15. The molecule has 0 radical (unpaired) electrons. The van der Waals surface area contributed by atoms with Gasteiger partial charge in [0, 0.05) is 12.3 Å². The average Bonchev–Trinajstić information content (AvgIpc) is 2.41. The fourth-order valence-corrected chi connectivity index (χ4v) is 1.75. The lowest BCUT2D eigenvalue weighted by molar-refractivity contribution is -0.384. The van der Waals surface area contributed by atoms with Gasteiger partial charge in [0.1, 0.15) is 6.33 Å². The first kappa shape index (κ1) is 13.5. The van der Waals surface area contributed by atoms with E-state index in [0.29, 0.717) is 11.6 Å². The second-order valence-corrected chi connectivity index (χ2v) is 4.53. The second kappa shape index (κ2) is 5.78. The van der Waals surface area contributed by atoms with Gasteiger partial charge in [-0.05, 0) is 28.7 Å². The van der Waals surface area contributed by atoms with Crippen LogP contribution < -0.4 is 9.47 Å². The van der Waals surface area contributed by atoms with Gasteiger partial charge >= 0.3 is 0 Å². The van der Waals surface area contributed by atoms with Gasteiger partial charge in [-0.2, -0.15) is 0 Å². The molecule has 0 N–H and O–H groups in total. The highest BCUT2D eigenvalue weighted by atomic mass is 127. The summed E-state index contributed by atoms with van der Waals surface area (Å²) in [6, 6.07) is 4.10. The lowest BCUT2D eigenvalue weighted by Gasteiger charge is -2.09. The highest BCUT2D eigenvalue weighted by molar-refractivity contribution is 14.1. The van der Waals surface area contributed by atoms with E-state index in [2.05, 4.69) is 9.97 Å². The van der Waals surface area contributed by atoms with E-state index in [0.717, 1.165) is 3.57 Å². The third kappa shape index (κ3) is 3.08. The number of rotatable bonds is 4. The summed E-state index contributed by atoms with van der Waals surface area (Å²) >= 11 is 2.03. The van der Waals surface area contributed by atoms with Gasteiger partial charge in [0.25, 0.3) is 5.69 Å². The molecule has 0 aliphatic carbocycles. The molecule has 0 atom stereocenters. The van der Waals surface area contributed by atoms with E-state index in [1.165, 1.54) is 31.6 Å². The van der Waals surface area contributed by atoms with Crippen molar-refractivity contribution in [3.8, 4) is 17.4 Å². The molecule has 0 amide bonds. The summed E-state index contributed by atoms with van der Waals surface area (Å²) in [5.41, 5.74) is -0.0680. The standard InChI is InChI=1S/C11H8IN3O4/c1-18-10-4-7(15(16)17)2-3-9(10)19-11-8(12)5-13-6-14-11/h2-6H,1H3. The summed E-state index contributed by atoms with van der Waals surface area (Å²) in [6.07, 6.45) is 2.95. The highest BCUT2D eigenvalue weighted by Gasteiger charge is 2.14. The largest absolute Gasteiger partial charge is 0.493 e. The van der Waals surface area contributed by atoms with Crippen LogP contribution in [0.15, 0.2) is 30.7 Å². The Morgan fingerprint density at radius 1 is 1.37 bits per heavy atom. The number of hydrogen-bond donors (Lipinski definition) is 0. The molecule has 1 heterocycles. The van der Waals surface area contributed by atoms with E-state index >= 15 is 0 Å². The van der Waals surface area contributed by atoms with Gasteiger partial charge in [0.05, 0.1) is 21.7 Å². The summed E-state index contributed by atoms with van der Waals surface area (Å²) in [7, 11) is 1.41. The zero-order chi connectivity index (χ0) is 13.8. The number of hydrogen-bond acceptors (Lipinski definition) is 6. The number of nitro groups is 1. The number of methoxy groups -OCH3 is 1. The maximum atomic E-state index is 10.7. The summed E-state index contributed by atoms with van der Waals surface area (Å²) in [5.74, 6) is 0.982. The third-order valence-electron chi connectivity index (χ3n) is 2.20. The van der Waals surface area contributed by atoms with Gasteiger partial charge in [0.15, 0.2) is 11.5 Å². The smallest absolute Gasteiger partial charge is 0.273 e. The number of halogens is 1. The molecule has 2 rings (SSSR count).